The fraction of sp³-hybridized carbons (Fsp3) is 0.400. The molecule has 17 heavy (non-hydrogen) atoms. The van der Waals surface area contributed by atoms with Crippen LogP contribution in [0.2, 0.25) is 0 Å². The third kappa shape index (κ3) is 3.98. The van der Waals surface area contributed by atoms with Gasteiger partial charge in [-0.1, -0.05) is 0 Å². The first-order valence-electron chi connectivity index (χ1n) is 4.82. The number of ether oxygens (including phenoxy) is 2. The Morgan fingerprint density at radius 1 is 1.41 bits per heavy atom. The van der Waals surface area contributed by atoms with Gasteiger partial charge in [-0.3, -0.25) is 0 Å². The third-order valence-corrected chi connectivity index (χ3v) is 2.94. The molecule has 0 saturated carbocycles. The van der Waals surface area contributed by atoms with Gasteiger partial charge in [0.1, 0.15) is 0 Å². The van der Waals surface area contributed by atoms with E-state index in [9.17, 15) is 13.5 Å². The lowest BCUT2D eigenvalue weighted by Gasteiger charge is -2.12. The first-order chi connectivity index (χ1) is 7.87. The van der Waals surface area contributed by atoms with Crippen LogP contribution in [-0.2, 0) is 14.8 Å². The molecular formula is C10H13ClO5S. The predicted molar refractivity (Wildman–Crippen MR) is 64.3 cm³/mol. The van der Waals surface area contributed by atoms with Crippen molar-refractivity contribution < 1.29 is 23.0 Å². The Hall–Kier alpha value is -1.14. The highest BCUT2D eigenvalue weighted by Crippen LogP contribution is 2.38. The molecule has 0 bridgehead atoms. The minimum Gasteiger partial charge on any atom is -0.504 e. The summed E-state index contributed by atoms with van der Waals surface area (Å²) in [7, 11) is 2.85. The van der Waals surface area contributed by atoms with Crippen LogP contribution in [0.1, 0.15) is 12.5 Å². The van der Waals surface area contributed by atoms with E-state index in [0.717, 1.165) is 0 Å². The molecule has 0 heterocycles. The van der Waals surface area contributed by atoms with E-state index < -0.39 is 9.05 Å². The highest BCUT2D eigenvalue weighted by Gasteiger charge is 2.15. The molecule has 0 aromatic heterocycles. The Morgan fingerprint density at radius 2 is 2.06 bits per heavy atom. The summed E-state index contributed by atoms with van der Waals surface area (Å²) in [6.07, 6.45) is 0. The SMILES string of the molecule is CCOc1cc(CS(=O)(=O)Cl)cc(O)c1OC. The lowest BCUT2D eigenvalue weighted by atomic mass is 10.2. The normalized spacial score (nSPS) is 11.2. The van der Waals surface area contributed by atoms with Gasteiger partial charge < -0.3 is 14.6 Å². The van der Waals surface area contributed by atoms with Crippen molar-refractivity contribution in [3.05, 3.63) is 17.7 Å². The standard InChI is InChI=1S/C10H13ClO5S/c1-3-16-9-5-7(6-17(11,13)14)4-8(12)10(9)15-2/h4-5,12H,3,6H2,1-2H3. The van der Waals surface area contributed by atoms with Crippen molar-refractivity contribution >= 4 is 19.7 Å². The molecule has 0 aliphatic heterocycles. The van der Waals surface area contributed by atoms with Gasteiger partial charge in [-0.05, 0) is 24.6 Å². The molecule has 96 valence electrons. The second-order valence-electron chi connectivity index (χ2n) is 3.26. The molecule has 0 atom stereocenters. The van der Waals surface area contributed by atoms with Gasteiger partial charge in [-0.25, -0.2) is 8.42 Å². The summed E-state index contributed by atoms with van der Waals surface area (Å²) in [4.78, 5) is 0. The van der Waals surface area contributed by atoms with E-state index in [1.807, 2.05) is 0 Å². The van der Waals surface area contributed by atoms with Gasteiger partial charge in [-0.15, -0.1) is 0 Å². The number of phenolic OH excluding ortho intramolecular Hbond substituents is 1. The van der Waals surface area contributed by atoms with Crippen molar-refractivity contribution in [2.24, 2.45) is 0 Å². The molecule has 1 aromatic rings. The number of hydrogen-bond donors (Lipinski definition) is 1. The molecule has 1 rings (SSSR count). The van der Waals surface area contributed by atoms with Gasteiger partial charge in [0.25, 0.3) is 0 Å². The summed E-state index contributed by atoms with van der Waals surface area (Å²) < 4.78 is 32.1. The smallest absolute Gasteiger partial charge is 0.236 e. The topological polar surface area (TPSA) is 72.8 Å². The van der Waals surface area contributed by atoms with Gasteiger partial charge in [-0.2, -0.15) is 0 Å². The molecule has 0 radical (unpaired) electrons. The fourth-order valence-corrected chi connectivity index (χ4v) is 2.34. The number of benzene rings is 1. The zero-order valence-electron chi connectivity index (χ0n) is 9.44. The Morgan fingerprint density at radius 3 is 2.53 bits per heavy atom. The average Bonchev–Trinajstić information content (AvgIpc) is 2.15. The van der Waals surface area contributed by atoms with E-state index >= 15 is 0 Å². The van der Waals surface area contributed by atoms with Crippen LogP contribution >= 0.6 is 10.7 Å². The first kappa shape index (κ1) is 13.9. The van der Waals surface area contributed by atoms with Gasteiger partial charge in [0.2, 0.25) is 14.8 Å². The molecule has 0 aliphatic rings. The van der Waals surface area contributed by atoms with E-state index in [0.29, 0.717) is 12.2 Å². The van der Waals surface area contributed by atoms with Crippen molar-refractivity contribution in [2.45, 2.75) is 12.7 Å². The zero-order chi connectivity index (χ0) is 13.1. The van der Waals surface area contributed by atoms with E-state index in [1.54, 1.807) is 6.92 Å². The minimum atomic E-state index is -3.68. The molecule has 0 spiro atoms. The van der Waals surface area contributed by atoms with Crippen molar-refractivity contribution in [1.29, 1.82) is 0 Å². The van der Waals surface area contributed by atoms with E-state index in [2.05, 4.69) is 0 Å². The van der Waals surface area contributed by atoms with Crippen LogP contribution in [0.3, 0.4) is 0 Å². The monoisotopic (exact) mass is 280 g/mol. The van der Waals surface area contributed by atoms with E-state index in [4.69, 9.17) is 20.2 Å². The van der Waals surface area contributed by atoms with Crippen LogP contribution in [0, 0.1) is 0 Å². The summed E-state index contributed by atoms with van der Waals surface area (Å²) in [5.41, 5.74) is 0.335. The molecule has 0 unspecified atom stereocenters. The maximum atomic E-state index is 10.9. The quantitative estimate of drug-likeness (QED) is 0.834. The molecule has 0 saturated heterocycles. The fourth-order valence-electron chi connectivity index (χ4n) is 1.39. The maximum absolute atomic E-state index is 10.9. The Balaban J connectivity index is 3.19. The van der Waals surface area contributed by atoms with Crippen molar-refractivity contribution in [3.8, 4) is 17.2 Å². The number of halogens is 1. The van der Waals surface area contributed by atoms with Crippen LogP contribution in [0.15, 0.2) is 12.1 Å². The predicted octanol–water partition coefficient (Wildman–Crippen LogP) is 1.87. The number of phenols is 1. The Labute approximate surface area is 104 Å². The van der Waals surface area contributed by atoms with Crippen LogP contribution in [0.5, 0.6) is 17.2 Å². The molecule has 7 heteroatoms. The molecule has 0 amide bonds. The molecule has 0 fully saturated rings. The number of aromatic hydroxyl groups is 1. The van der Waals surface area contributed by atoms with E-state index in [1.165, 1.54) is 19.2 Å². The van der Waals surface area contributed by atoms with Gasteiger partial charge in [0, 0.05) is 10.7 Å². The maximum Gasteiger partial charge on any atom is 0.236 e. The molecule has 1 N–H and O–H groups in total. The third-order valence-electron chi connectivity index (χ3n) is 1.94. The summed E-state index contributed by atoms with van der Waals surface area (Å²) in [5.74, 6) is -0.117. The van der Waals surface area contributed by atoms with Gasteiger partial charge >= 0.3 is 0 Å². The summed E-state index contributed by atoms with van der Waals surface area (Å²) in [6.45, 7) is 2.13. The van der Waals surface area contributed by atoms with Crippen molar-refractivity contribution in [1.82, 2.24) is 0 Å². The summed E-state index contributed by atoms with van der Waals surface area (Å²) >= 11 is 0. The van der Waals surface area contributed by atoms with Crippen LogP contribution in [0.25, 0.3) is 0 Å². The molecule has 0 aliphatic carbocycles. The number of rotatable bonds is 5. The number of methoxy groups -OCH3 is 1. The van der Waals surface area contributed by atoms with Gasteiger partial charge in [0.15, 0.2) is 11.5 Å². The lowest BCUT2D eigenvalue weighted by molar-refractivity contribution is 0.300. The molecular weight excluding hydrogens is 268 g/mol. The summed E-state index contributed by atoms with van der Waals surface area (Å²) in [5, 5.41) is 9.65. The first-order valence-corrected chi connectivity index (χ1v) is 7.30. The zero-order valence-corrected chi connectivity index (χ0v) is 11.0. The Kier molecular flexibility index (Phi) is 4.47. The number of hydrogen-bond acceptors (Lipinski definition) is 5. The van der Waals surface area contributed by atoms with Gasteiger partial charge in [0.05, 0.1) is 19.5 Å². The average molecular weight is 281 g/mol. The highest BCUT2D eigenvalue weighted by molar-refractivity contribution is 8.13. The van der Waals surface area contributed by atoms with Crippen molar-refractivity contribution in [2.75, 3.05) is 13.7 Å². The van der Waals surface area contributed by atoms with E-state index in [-0.39, 0.29) is 23.0 Å². The highest BCUT2D eigenvalue weighted by atomic mass is 35.7. The molecule has 5 nitrogen and oxygen atoms in total. The second kappa shape index (κ2) is 5.46. The Bertz CT molecular complexity index is 498. The lowest BCUT2D eigenvalue weighted by Crippen LogP contribution is -2.00. The van der Waals surface area contributed by atoms with Crippen molar-refractivity contribution in [3.63, 3.8) is 0 Å². The second-order valence-corrected chi connectivity index (χ2v) is 6.04. The van der Waals surface area contributed by atoms with Crippen LogP contribution in [0.4, 0.5) is 0 Å². The van der Waals surface area contributed by atoms with Crippen LogP contribution in [-0.4, -0.2) is 27.2 Å². The summed E-state index contributed by atoms with van der Waals surface area (Å²) in [6, 6.07) is 2.75. The minimum absolute atomic E-state index is 0.169. The van der Waals surface area contributed by atoms with Crippen LogP contribution < -0.4 is 9.47 Å². The largest absolute Gasteiger partial charge is 0.504 e. The molecule has 1 aromatic carbocycles.